The van der Waals surface area contributed by atoms with Crippen LogP contribution in [0, 0.1) is 0 Å². The largest absolute Gasteiger partial charge is 0.497 e. The first-order valence-corrected chi connectivity index (χ1v) is 10.5. The van der Waals surface area contributed by atoms with E-state index >= 15 is 0 Å². The van der Waals surface area contributed by atoms with Gasteiger partial charge in [-0.15, -0.1) is 11.8 Å². The van der Waals surface area contributed by atoms with Gasteiger partial charge in [-0.2, -0.15) is 0 Å². The van der Waals surface area contributed by atoms with Gasteiger partial charge in [0.25, 0.3) is 5.91 Å². The van der Waals surface area contributed by atoms with Gasteiger partial charge in [-0.25, -0.2) is 4.98 Å². The van der Waals surface area contributed by atoms with Gasteiger partial charge < -0.3 is 14.4 Å². The van der Waals surface area contributed by atoms with Crippen LogP contribution in [0.4, 0.5) is 0 Å². The molecule has 2 aliphatic rings. The second kappa shape index (κ2) is 8.21. The van der Waals surface area contributed by atoms with E-state index in [4.69, 9.17) is 9.47 Å². The number of aromatic nitrogens is 1. The van der Waals surface area contributed by atoms with Crippen LogP contribution in [-0.4, -0.2) is 41.3 Å². The highest BCUT2D eigenvalue weighted by Crippen LogP contribution is 2.39. The second-order valence-corrected chi connectivity index (χ2v) is 8.09. The Bertz CT molecular complexity index is 773. The van der Waals surface area contributed by atoms with Gasteiger partial charge in [0.15, 0.2) is 0 Å². The molecule has 1 saturated carbocycles. The van der Waals surface area contributed by atoms with Gasteiger partial charge in [-0.05, 0) is 49.4 Å². The predicted octanol–water partition coefficient (Wildman–Crippen LogP) is 4.30. The molecule has 142 valence electrons. The van der Waals surface area contributed by atoms with E-state index in [9.17, 15) is 4.79 Å². The number of methoxy groups -OCH3 is 1. The van der Waals surface area contributed by atoms with Gasteiger partial charge in [-0.1, -0.05) is 12.1 Å². The Labute approximate surface area is 164 Å². The topological polar surface area (TPSA) is 51.7 Å². The van der Waals surface area contributed by atoms with Gasteiger partial charge >= 0.3 is 0 Å². The lowest BCUT2D eigenvalue weighted by molar-refractivity contribution is 0.0759. The molecule has 2 fully saturated rings. The molecule has 1 aromatic heterocycles. The summed E-state index contributed by atoms with van der Waals surface area (Å²) in [6, 6.07) is 11.6. The summed E-state index contributed by atoms with van der Waals surface area (Å²) in [4.78, 5) is 19.3. The third-order valence-corrected chi connectivity index (χ3v) is 6.39. The smallest absolute Gasteiger partial charge is 0.256 e. The minimum atomic E-state index is 0.0146. The number of carbonyl (C=O) groups excluding carboxylic acids is 1. The quantitative estimate of drug-likeness (QED) is 0.769. The molecule has 27 heavy (non-hydrogen) atoms. The van der Waals surface area contributed by atoms with E-state index in [1.54, 1.807) is 25.1 Å². The minimum Gasteiger partial charge on any atom is -0.497 e. The van der Waals surface area contributed by atoms with Crippen molar-refractivity contribution >= 4 is 17.7 Å². The molecule has 5 nitrogen and oxygen atoms in total. The zero-order valence-electron chi connectivity index (χ0n) is 15.5. The Kier molecular flexibility index (Phi) is 5.53. The van der Waals surface area contributed by atoms with Crippen molar-refractivity contribution in [3.8, 4) is 11.6 Å². The third-order valence-electron chi connectivity index (χ3n) is 5.13. The molecule has 0 spiro atoms. The first-order valence-electron chi connectivity index (χ1n) is 9.44. The molecule has 1 aliphatic heterocycles. The highest BCUT2D eigenvalue weighted by molar-refractivity contribution is 7.99. The minimum absolute atomic E-state index is 0.0146. The van der Waals surface area contributed by atoms with Crippen LogP contribution < -0.4 is 9.47 Å². The summed E-state index contributed by atoms with van der Waals surface area (Å²) in [5, 5.41) is 0.0258. The summed E-state index contributed by atoms with van der Waals surface area (Å²) < 4.78 is 11.1. The fraction of sp³-hybridized carbons (Fsp3) is 0.429. The van der Waals surface area contributed by atoms with Crippen LogP contribution in [0.15, 0.2) is 42.6 Å². The van der Waals surface area contributed by atoms with E-state index in [-0.39, 0.29) is 17.4 Å². The maximum absolute atomic E-state index is 13.0. The summed E-state index contributed by atoms with van der Waals surface area (Å²) >= 11 is 1.78. The van der Waals surface area contributed by atoms with Crippen molar-refractivity contribution in [2.24, 2.45) is 0 Å². The van der Waals surface area contributed by atoms with Crippen LogP contribution in [-0.2, 0) is 0 Å². The average molecular weight is 385 g/mol. The number of thioether (sulfide) groups is 1. The number of amides is 1. The van der Waals surface area contributed by atoms with Gasteiger partial charge in [0.05, 0.1) is 12.7 Å². The molecule has 2 heterocycles. The lowest BCUT2D eigenvalue weighted by Gasteiger charge is -2.24. The first-order chi connectivity index (χ1) is 13.2. The molecule has 2 aromatic rings. The lowest BCUT2D eigenvalue weighted by atomic mass is 10.1. The summed E-state index contributed by atoms with van der Waals surface area (Å²) in [5.41, 5.74) is 1.72. The molecule has 1 saturated heterocycles. The van der Waals surface area contributed by atoms with Crippen LogP contribution >= 0.6 is 11.8 Å². The standard InChI is InChI=1S/C21H24N2O3S/c1-25-17-9-6-15(7-10-17)21-23(12-13-27-21)20(24)16-8-11-19(22-14-16)26-18-4-2-3-5-18/h6-11,14,18,21H,2-5,12-13H2,1H3. The van der Waals surface area contributed by atoms with Crippen LogP contribution in [0.5, 0.6) is 11.6 Å². The van der Waals surface area contributed by atoms with Gasteiger partial charge in [0, 0.05) is 24.6 Å². The van der Waals surface area contributed by atoms with E-state index in [1.807, 2.05) is 41.3 Å². The highest BCUT2D eigenvalue weighted by Gasteiger charge is 2.31. The van der Waals surface area contributed by atoms with Crippen LogP contribution in [0.1, 0.15) is 47.0 Å². The zero-order chi connectivity index (χ0) is 18.6. The summed E-state index contributed by atoms with van der Waals surface area (Å²) in [7, 11) is 1.66. The monoisotopic (exact) mass is 384 g/mol. The molecule has 1 aliphatic carbocycles. The maximum Gasteiger partial charge on any atom is 0.256 e. The van der Waals surface area contributed by atoms with Crippen molar-refractivity contribution in [2.75, 3.05) is 19.4 Å². The number of nitrogens with zero attached hydrogens (tertiary/aromatic N) is 2. The molecular formula is C21H24N2O3S. The number of hydrogen-bond acceptors (Lipinski definition) is 5. The Balaban J connectivity index is 1.45. The SMILES string of the molecule is COc1ccc(C2SCCN2C(=O)c2ccc(OC3CCCC3)nc2)cc1. The lowest BCUT2D eigenvalue weighted by Crippen LogP contribution is -2.30. The Hall–Kier alpha value is -2.21. The van der Waals surface area contributed by atoms with Gasteiger partial charge in [0.2, 0.25) is 5.88 Å². The summed E-state index contributed by atoms with van der Waals surface area (Å²) in [5.74, 6) is 2.38. The summed E-state index contributed by atoms with van der Waals surface area (Å²) in [6.45, 7) is 0.737. The number of hydrogen-bond donors (Lipinski definition) is 0. The Morgan fingerprint density at radius 1 is 1.15 bits per heavy atom. The maximum atomic E-state index is 13.0. The zero-order valence-corrected chi connectivity index (χ0v) is 16.3. The highest BCUT2D eigenvalue weighted by atomic mass is 32.2. The van der Waals surface area contributed by atoms with Crippen LogP contribution in [0.3, 0.4) is 0 Å². The van der Waals surface area contributed by atoms with Crippen LogP contribution in [0.25, 0.3) is 0 Å². The normalized spacial score (nSPS) is 20.0. The van der Waals surface area contributed by atoms with E-state index < -0.39 is 0 Å². The van der Waals surface area contributed by atoms with Gasteiger partial charge in [0.1, 0.15) is 17.2 Å². The number of carbonyl (C=O) groups is 1. The molecule has 1 amide bonds. The first kappa shape index (κ1) is 18.2. The van der Waals surface area contributed by atoms with Crippen molar-refractivity contribution in [1.82, 2.24) is 9.88 Å². The number of ether oxygens (including phenoxy) is 2. The number of benzene rings is 1. The fourth-order valence-electron chi connectivity index (χ4n) is 3.64. The molecule has 6 heteroatoms. The summed E-state index contributed by atoms with van der Waals surface area (Å²) in [6.07, 6.45) is 6.55. The Morgan fingerprint density at radius 3 is 2.59 bits per heavy atom. The Morgan fingerprint density at radius 2 is 1.93 bits per heavy atom. The van der Waals surface area contributed by atoms with E-state index in [0.717, 1.165) is 36.5 Å². The average Bonchev–Trinajstić information content (AvgIpc) is 3.40. The van der Waals surface area contributed by atoms with Gasteiger partial charge in [-0.3, -0.25) is 4.79 Å². The fourth-order valence-corrected chi connectivity index (χ4v) is 4.90. The molecule has 4 rings (SSSR count). The van der Waals surface area contributed by atoms with E-state index in [0.29, 0.717) is 11.4 Å². The van der Waals surface area contributed by atoms with Crippen molar-refractivity contribution in [3.63, 3.8) is 0 Å². The van der Waals surface area contributed by atoms with E-state index in [2.05, 4.69) is 4.98 Å². The van der Waals surface area contributed by atoms with Crippen molar-refractivity contribution < 1.29 is 14.3 Å². The van der Waals surface area contributed by atoms with Crippen molar-refractivity contribution in [2.45, 2.75) is 37.2 Å². The molecule has 1 atom stereocenters. The molecule has 1 unspecified atom stereocenters. The predicted molar refractivity (Wildman–Crippen MR) is 106 cm³/mol. The molecule has 0 N–H and O–H groups in total. The number of rotatable bonds is 5. The number of pyridine rings is 1. The molecule has 0 radical (unpaired) electrons. The van der Waals surface area contributed by atoms with Crippen molar-refractivity contribution in [3.05, 3.63) is 53.7 Å². The molecular weight excluding hydrogens is 360 g/mol. The third kappa shape index (κ3) is 4.05. The van der Waals surface area contributed by atoms with E-state index in [1.165, 1.54) is 12.8 Å². The molecule has 0 bridgehead atoms. The van der Waals surface area contributed by atoms with Crippen LogP contribution in [0.2, 0.25) is 0 Å². The molecule has 1 aromatic carbocycles. The second-order valence-electron chi connectivity index (χ2n) is 6.90. The van der Waals surface area contributed by atoms with Crippen molar-refractivity contribution in [1.29, 1.82) is 0 Å².